The molecule has 60 heavy (non-hydrogen) atoms. The summed E-state index contributed by atoms with van der Waals surface area (Å²) in [7, 11) is -4.41. The van der Waals surface area contributed by atoms with Gasteiger partial charge in [-0.1, -0.05) is 177 Å². The van der Waals surface area contributed by atoms with Gasteiger partial charge >= 0.3 is 19.8 Å². The molecule has 0 saturated heterocycles. The molecule has 0 radical (unpaired) electrons. The summed E-state index contributed by atoms with van der Waals surface area (Å²) in [4.78, 5) is 34.9. The van der Waals surface area contributed by atoms with Crippen molar-refractivity contribution in [2.75, 3.05) is 26.4 Å². The van der Waals surface area contributed by atoms with Crippen LogP contribution in [-0.4, -0.2) is 60.5 Å². The Morgan fingerprint density at radius 3 is 1.73 bits per heavy atom. The molecule has 0 amide bonds. The molecule has 0 spiro atoms. The van der Waals surface area contributed by atoms with E-state index in [1.54, 1.807) is 0 Å². The molecule has 0 heterocycles. The van der Waals surface area contributed by atoms with Crippen LogP contribution in [0.5, 0.6) is 0 Å². The minimum atomic E-state index is -4.41. The Balaban J connectivity index is 4.20. The van der Waals surface area contributed by atoms with E-state index in [-0.39, 0.29) is 32.6 Å². The van der Waals surface area contributed by atoms with Gasteiger partial charge in [0.05, 0.1) is 19.3 Å². The van der Waals surface area contributed by atoms with E-state index in [1.165, 1.54) is 96.3 Å². The third-order valence-electron chi connectivity index (χ3n) is 9.65. The van der Waals surface area contributed by atoms with Crippen LogP contribution in [0.4, 0.5) is 0 Å². The van der Waals surface area contributed by atoms with Crippen LogP contribution < -0.4 is 5.73 Å². The maximum Gasteiger partial charge on any atom is 0.472 e. The zero-order valence-corrected chi connectivity index (χ0v) is 38.7. The molecule has 4 N–H and O–H groups in total. The lowest BCUT2D eigenvalue weighted by Crippen LogP contribution is -2.29. The van der Waals surface area contributed by atoms with Crippen molar-refractivity contribution in [3.8, 4) is 0 Å². The number of aliphatic hydroxyl groups is 1. The Bertz CT molecular complexity index is 1230. The molecule has 0 aromatic rings. The molecule has 0 saturated carbocycles. The Kier molecular flexibility index (Phi) is 42.5. The lowest BCUT2D eigenvalue weighted by molar-refractivity contribution is -0.161. The zero-order valence-electron chi connectivity index (χ0n) is 37.8. The Morgan fingerprint density at radius 2 is 1.12 bits per heavy atom. The first-order valence-electron chi connectivity index (χ1n) is 23.5. The topological polar surface area (TPSA) is 155 Å². The first kappa shape index (κ1) is 57.4. The fourth-order valence-corrected chi connectivity index (χ4v) is 6.92. The first-order valence-corrected chi connectivity index (χ1v) is 25.0. The number of hydrogen-bond acceptors (Lipinski definition) is 9. The minimum absolute atomic E-state index is 0.0363. The molecule has 346 valence electrons. The summed E-state index contributed by atoms with van der Waals surface area (Å²) >= 11 is 0. The van der Waals surface area contributed by atoms with Crippen LogP contribution in [0.15, 0.2) is 72.9 Å². The molecule has 0 aromatic carbocycles. The van der Waals surface area contributed by atoms with E-state index in [9.17, 15) is 24.2 Å². The first-order chi connectivity index (χ1) is 29.2. The van der Waals surface area contributed by atoms with Gasteiger partial charge in [-0.3, -0.25) is 18.6 Å². The summed E-state index contributed by atoms with van der Waals surface area (Å²) in [5.74, 6) is -0.923. The number of esters is 2. The van der Waals surface area contributed by atoms with Crippen LogP contribution in [0.2, 0.25) is 0 Å². The van der Waals surface area contributed by atoms with Crippen LogP contribution in [0.25, 0.3) is 0 Å². The van der Waals surface area contributed by atoms with Crippen LogP contribution >= 0.6 is 7.82 Å². The second kappa shape index (κ2) is 44.5. The summed E-state index contributed by atoms with van der Waals surface area (Å²) in [6.45, 7) is 3.42. The fraction of sp³-hybridized carbons (Fsp3) is 0.714. The standard InChI is InChI=1S/C49H86NO9P/c1-3-5-7-8-9-10-11-12-13-14-15-16-17-18-19-20-25-28-31-34-37-41-49(53)59-47(45-58-60(54,55)57-43-42-50)44-56-48(52)40-36-33-30-27-24-22-21-23-26-29-32-35-39-46(51)38-6-4-2/h6,12-13,21-22,26-27,29-30,32,35,38,46-47,51H,3-5,7-11,14-20,23-25,28,31,33-34,36-37,39-45,50H2,1-2H3,(H,54,55)/b13-12-,22-21-,29-26-,30-27-,35-32+,38-6-/t46?,47-/m1/s1. The number of unbranched alkanes of at least 4 members (excludes halogenated alkanes) is 18. The summed E-state index contributed by atoms with van der Waals surface area (Å²) in [6, 6.07) is 0. The van der Waals surface area contributed by atoms with Crippen LogP contribution in [0, 0.1) is 0 Å². The van der Waals surface area contributed by atoms with Crippen LogP contribution in [0.3, 0.4) is 0 Å². The number of phosphoric acid groups is 1. The second-order valence-corrected chi connectivity index (χ2v) is 16.9. The van der Waals surface area contributed by atoms with Gasteiger partial charge in [-0.2, -0.15) is 0 Å². The number of nitrogens with two attached hydrogens (primary N) is 1. The van der Waals surface area contributed by atoms with Crippen molar-refractivity contribution in [1.29, 1.82) is 0 Å². The average molecular weight is 864 g/mol. The van der Waals surface area contributed by atoms with E-state index < -0.39 is 38.6 Å². The lowest BCUT2D eigenvalue weighted by atomic mass is 10.0. The average Bonchev–Trinajstić information content (AvgIpc) is 3.23. The summed E-state index contributed by atoms with van der Waals surface area (Å²) < 4.78 is 32.8. The van der Waals surface area contributed by atoms with Crippen molar-refractivity contribution < 1.29 is 42.7 Å². The smallest absolute Gasteiger partial charge is 0.462 e. The maximum absolute atomic E-state index is 12.6. The van der Waals surface area contributed by atoms with Gasteiger partial charge in [0, 0.05) is 19.4 Å². The predicted molar refractivity (Wildman–Crippen MR) is 248 cm³/mol. The van der Waals surface area contributed by atoms with E-state index in [4.69, 9.17) is 24.3 Å². The molecular formula is C49H86NO9P. The van der Waals surface area contributed by atoms with Gasteiger partial charge in [-0.15, -0.1) is 0 Å². The van der Waals surface area contributed by atoms with Gasteiger partial charge in [-0.05, 0) is 70.6 Å². The zero-order chi connectivity index (χ0) is 44.0. The van der Waals surface area contributed by atoms with Gasteiger partial charge in [0.15, 0.2) is 6.10 Å². The highest BCUT2D eigenvalue weighted by Gasteiger charge is 2.26. The monoisotopic (exact) mass is 864 g/mol. The van der Waals surface area contributed by atoms with Crippen LogP contribution in [-0.2, 0) is 32.7 Å². The summed E-state index contributed by atoms with van der Waals surface area (Å²) in [5, 5.41) is 9.76. The van der Waals surface area contributed by atoms with E-state index in [0.29, 0.717) is 25.7 Å². The van der Waals surface area contributed by atoms with E-state index >= 15 is 0 Å². The van der Waals surface area contributed by atoms with E-state index in [1.807, 2.05) is 49.5 Å². The SMILES string of the molecule is CC/C=C\C(O)C/C=C/C=C\C/C=C\C/C=C\CCCC(=O)OC[C@H](COP(=O)(O)OCCN)OC(=O)CCCCCCCCCCCCC/C=C\CCCCCCCC. The molecule has 0 aliphatic heterocycles. The lowest BCUT2D eigenvalue weighted by Gasteiger charge is -2.19. The van der Waals surface area contributed by atoms with Gasteiger partial charge in [-0.25, -0.2) is 4.57 Å². The minimum Gasteiger partial charge on any atom is -0.462 e. The number of ether oxygens (including phenoxy) is 2. The van der Waals surface area contributed by atoms with Crippen molar-refractivity contribution in [2.24, 2.45) is 5.73 Å². The van der Waals surface area contributed by atoms with Crippen LogP contribution in [0.1, 0.15) is 187 Å². The fourth-order valence-electron chi connectivity index (χ4n) is 6.16. The second-order valence-electron chi connectivity index (χ2n) is 15.4. The van der Waals surface area contributed by atoms with Gasteiger partial charge in [0.25, 0.3) is 0 Å². The summed E-state index contributed by atoms with van der Waals surface area (Å²) in [5.41, 5.74) is 5.35. The quantitative estimate of drug-likeness (QED) is 0.0177. The molecule has 0 fully saturated rings. The van der Waals surface area contributed by atoms with E-state index in [0.717, 1.165) is 38.5 Å². The number of hydrogen-bond donors (Lipinski definition) is 3. The molecule has 2 unspecified atom stereocenters. The third-order valence-corrected chi connectivity index (χ3v) is 10.6. The molecule has 11 heteroatoms. The molecule has 0 aromatic heterocycles. The van der Waals surface area contributed by atoms with Crippen molar-refractivity contribution in [3.63, 3.8) is 0 Å². The number of aliphatic hydroxyl groups excluding tert-OH is 1. The molecule has 0 bridgehead atoms. The van der Waals surface area contributed by atoms with Gasteiger partial charge in [0.1, 0.15) is 6.61 Å². The Labute approximate surface area is 365 Å². The highest BCUT2D eigenvalue weighted by molar-refractivity contribution is 7.47. The third kappa shape index (κ3) is 43.5. The maximum atomic E-state index is 12.6. The molecule has 0 aliphatic rings. The number of carbonyl (C=O) groups is 2. The highest BCUT2D eigenvalue weighted by atomic mass is 31.2. The number of allylic oxidation sites excluding steroid dienone is 10. The Hall–Kier alpha value is -2.59. The highest BCUT2D eigenvalue weighted by Crippen LogP contribution is 2.43. The van der Waals surface area contributed by atoms with Crippen molar-refractivity contribution in [1.82, 2.24) is 0 Å². The number of phosphoric ester groups is 1. The molecular weight excluding hydrogens is 778 g/mol. The molecule has 0 aliphatic carbocycles. The normalized spacial score (nSPS) is 14.4. The van der Waals surface area contributed by atoms with Crippen molar-refractivity contribution in [2.45, 2.75) is 199 Å². The van der Waals surface area contributed by atoms with Crippen molar-refractivity contribution >= 4 is 19.8 Å². The molecule has 10 nitrogen and oxygen atoms in total. The number of rotatable bonds is 43. The van der Waals surface area contributed by atoms with Gasteiger partial charge < -0.3 is 25.2 Å². The largest absolute Gasteiger partial charge is 0.472 e. The number of carbonyl (C=O) groups excluding carboxylic acids is 2. The Morgan fingerprint density at radius 1 is 0.600 bits per heavy atom. The predicted octanol–water partition coefficient (Wildman–Crippen LogP) is 12.8. The molecule has 0 rings (SSSR count). The van der Waals surface area contributed by atoms with E-state index in [2.05, 4.69) is 37.3 Å². The van der Waals surface area contributed by atoms with Crippen molar-refractivity contribution in [3.05, 3.63) is 72.9 Å². The summed E-state index contributed by atoms with van der Waals surface area (Å²) in [6.07, 6.45) is 51.4. The molecule has 3 atom stereocenters. The van der Waals surface area contributed by atoms with Gasteiger partial charge in [0.2, 0.25) is 0 Å².